The normalized spacial score (nSPS) is 10.1. The highest BCUT2D eigenvalue weighted by molar-refractivity contribution is 5.88. The van der Waals surface area contributed by atoms with E-state index in [2.05, 4.69) is 20.7 Å². The van der Waals surface area contributed by atoms with Crippen LogP contribution in [0.5, 0.6) is 0 Å². The summed E-state index contributed by atoms with van der Waals surface area (Å²) in [4.78, 5) is 26.2. The molecule has 2 aromatic heterocycles. The Bertz CT molecular complexity index is 636. The van der Waals surface area contributed by atoms with Gasteiger partial charge in [0.2, 0.25) is 0 Å². The molecule has 2 aromatic rings. The standard InChI is InChI=1S/C13H15N5O3/c1-18-5-4-11(17-18)8-15-13(21)16-10-3-2-9(14-7-10)6-12(19)20/h2-5,7H,6,8H2,1H3,(H,19,20)(H2,15,16,21). The van der Waals surface area contributed by atoms with E-state index in [4.69, 9.17) is 5.11 Å². The number of nitrogens with zero attached hydrogens (tertiary/aromatic N) is 3. The molecule has 0 bridgehead atoms. The highest BCUT2D eigenvalue weighted by Gasteiger charge is 2.05. The minimum atomic E-state index is -0.948. The second-order valence-corrected chi connectivity index (χ2v) is 4.40. The molecule has 2 heterocycles. The van der Waals surface area contributed by atoms with Crippen molar-refractivity contribution in [1.82, 2.24) is 20.1 Å². The number of carboxylic acids is 1. The van der Waals surface area contributed by atoms with Crippen LogP contribution in [0.1, 0.15) is 11.4 Å². The Balaban J connectivity index is 1.83. The van der Waals surface area contributed by atoms with Gasteiger partial charge in [0.1, 0.15) is 0 Å². The van der Waals surface area contributed by atoms with E-state index in [0.717, 1.165) is 5.69 Å². The molecule has 0 spiro atoms. The Hall–Kier alpha value is -2.90. The lowest BCUT2D eigenvalue weighted by Crippen LogP contribution is -2.28. The number of rotatable bonds is 5. The third-order valence-corrected chi connectivity index (χ3v) is 2.61. The number of pyridine rings is 1. The van der Waals surface area contributed by atoms with Gasteiger partial charge in [0, 0.05) is 13.2 Å². The van der Waals surface area contributed by atoms with Gasteiger partial charge in [0.05, 0.1) is 36.2 Å². The number of aromatic nitrogens is 3. The molecule has 0 fully saturated rings. The summed E-state index contributed by atoms with van der Waals surface area (Å²) in [5, 5.41) is 18.0. The van der Waals surface area contributed by atoms with Gasteiger partial charge in [-0.15, -0.1) is 0 Å². The number of carboxylic acid groups (broad SMARTS) is 1. The van der Waals surface area contributed by atoms with Gasteiger partial charge in [-0.25, -0.2) is 4.79 Å². The molecular weight excluding hydrogens is 274 g/mol. The minimum absolute atomic E-state index is 0.147. The maximum absolute atomic E-state index is 11.7. The van der Waals surface area contributed by atoms with Gasteiger partial charge < -0.3 is 15.7 Å². The summed E-state index contributed by atoms with van der Waals surface area (Å²) < 4.78 is 1.65. The van der Waals surface area contributed by atoms with Crippen molar-refractivity contribution >= 4 is 17.7 Å². The predicted octanol–water partition coefficient (Wildman–Crippen LogP) is 0.764. The number of urea groups is 1. The van der Waals surface area contributed by atoms with E-state index in [9.17, 15) is 9.59 Å². The van der Waals surface area contributed by atoms with Crippen molar-refractivity contribution in [1.29, 1.82) is 0 Å². The Labute approximate surface area is 120 Å². The minimum Gasteiger partial charge on any atom is -0.481 e. The first-order valence-corrected chi connectivity index (χ1v) is 6.23. The topological polar surface area (TPSA) is 109 Å². The molecule has 110 valence electrons. The van der Waals surface area contributed by atoms with Crippen LogP contribution in [0.3, 0.4) is 0 Å². The number of anilines is 1. The number of nitrogens with one attached hydrogen (secondary N) is 2. The fourth-order valence-corrected chi connectivity index (χ4v) is 1.66. The highest BCUT2D eigenvalue weighted by atomic mass is 16.4. The van der Waals surface area contributed by atoms with E-state index in [1.807, 2.05) is 6.07 Å². The third-order valence-electron chi connectivity index (χ3n) is 2.61. The Morgan fingerprint density at radius 2 is 2.10 bits per heavy atom. The Morgan fingerprint density at radius 3 is 2.67 bits per heavy atom. The maximum Gasteiger partial charge on any atom is 0.319 e. The number of aryl methyl sites for hydroxylation is 1. The lowest BCUT2D eigenvalue weighted by atomic mass is 10.2. The average molecular weight is 289 g/mol. The summed E-state index contributed by atoms with van der Waals surface area (Å²) in [6, 6.07) is 4.59. The molecule has 8 heteroatoms. The molecule has 2 amide bonds. The quantitative estimate of drug-likeness (QED) is 0.753. The van der Waals surface area contributed by atoms with Gasteiger partial charge in [-0.3, -0.25) is 14.5 Å². The molecule has 0 unspecified atom stereocenters. The van der Waals surface area contributed by atoms with Crippen LogP contribution in [0.4, 0.5) is 10.5 Å². The SMILES string of the molecule is Cn1ccc(CNC(=O)Nc2ccc(CC(=O)O)nc2)n1. The van der Waals surface area contributed by atoms with Crippen molar-refractivity contribution in [3.63, 3.8) is 0 Å². The van der Waals surface area contributed by atoms with Crippen LogP contribution in [0.15, 0.2) is 30.6 Å². The average Bonchev–Trinajstić information content (AvgIpc) is 2.84. The molecule has 0 saturated carbocycles. The second kappa shape index (κ2) is 6.51. The molecule has 0 aliphatic carbocycles. The number of carbonyl (C=O) groups is 2. The first kappa shape index (κ1) is 14.5. The largest absolute Gasteiger partial charge is 0.481 e. The van der Waals surface area contributed by atoms with E-state index in [-0.39, 0.29) is 12.5 Å². The summed E-state index contributed by atoms with van der Waals surface area (Å²) in [6.07, 6.45) is 3.06. The monoisotopic (exact) mass is 289 g/mol. The third kappa shape index (κ3) is 4.60. The zero-order chi connectivity index (χ0) is 15.2. The number of carbonyl (C=O) groups excluding carboxylic acids is 1. The zero-order valence-corrected chi connectivity index (χ0v) is 11.4. The lowest BCUT2D eigenvalue weighted by molar-refractivity contribution is -0.136. The first-order chi connectivity index (χ1) is 10.0. The van der Waals surface area contributed by atoms with E-state index in [1.165, 1.54) is 6.20 Å². The smallest absolute Gasteiger partial charge is 0.319 e. The predicted molar refractivity (Wildman–Crippen MR) is 74.6 cm³/mol. The summed E-state index contributed by atoms with van der Waals surface area (Å²) in [5.74, 6) is -0.948. The fraction of sp³-hybridized carbons (Fsp3) is 0.231. The molecule has 0 aromatic carbocycles. The van der Waals surface area contributed by atoms with Crippen molar-refractivity contribution < 1.29 is 14.7 Å². The van der Waals surface area contributed by atoms with Crippen LogP contribution >= 0.6 is 0 Å². The van der Waals surface area contributed by atoms with Crippen molar-refractivity contribution in [2.24, 2.45) is 7.05 Å². The van der Waals surface area contributed by atoms with Gasteiger partial charge in [0.25, 0.3) is 0 Å². The number of hydrogen-bond acceptors (Lipinski definition) is 4. The molecule has 21 heavy (non-hydrogen) atoms. The molecule has 0 aliphatic rings. The Morgan fingerprint density at radius 1 is 1.29 bits per heavy atom. The molecular formula is C13H15N5O3. The summed E-state index contributed by atoms with van der Waals surface area (Å²) in [5.41, 5.74) is 1.67. The molecule has 0 aliphatic heterocycles. The van der Waals surface area contributed by atoms with Gasteiger partial charge in [-0.2, -0.15) is 5.10 Å². The van der Waals surface area contributed by atoms with Crippen molar-refractivity contribution in [2.45, 2.75) is 13.0 Å². The summed E-state index contributed by atoms with van der Waals surface area (Å²) >= 11 is 0. The van der Waals surface area contributed by atoms with Gasteiger partial charge >= 0.3 is 12.0 Å². The van der Waals surface area contributed by atoms with Crippen molar-refractivity contribution in [3.05, 3.63) is 42.0 Å². The molecule has 0 atom stereocenters. The molecule has 2 rings (SSSR count). The van der Waals surface area contributed by atoms with Crippen molar-refractivity contribution in [2.75, 3.05) is 5.32 Å². The number of amides is 2. The number of aliphatic carboxylic acids is 1. The van der Waals surface area contributed by atoms with Gasteiger partial charge in [-0.05, 0) is 18.2 Å². The van der Waals surface area contributed by atoms with Crippen LogP contribution in [-0.4, -0.2) is 31.9 Å². The summed E-state index contributed by atoms with van der Waals surface area (Å²) in [6.45, 7) is 0.317. The zero-order valence-electron chi connectivity index (χ0n) is 11.4. The van der Waals surface area contributed by atoms with E-state index >= 15 is 0 Å². The molecule has 3 N–H and O–H groups in total. The van der Waals surface area contributed by atoms with Crippen LogP contribution in [0.25, 0.3) is 0 Å². The first-order valence-electron chi connectivity index (χ1n) is 6.23. The van der Waals surface area contributed by atoms with E-state index in [1.54, 1.807) is 30.1 Å². The van der Waals surface area contributed by atoms with Gasteiger partial charge in [-0.1, -0.05) is 0 Å². The highest BCUT2D eigenvalue weighted by Crippen LogP contribution is 2.06. The second-order valence-electron chi connectivity index (χ2n) is 4.40. The van der Waals surface area contributed by atoms with E-state index < -0.39 is 5.97 Å². The lowest BCUT2D eigenvalue weighted by Gasteiger charge is -2.06. The Kier molecular flexibility index (Phi) is 4.50. The van der Waals surface area contributed by atoms with Crippen molar-refractivity contribution in [3.8, 4) is 0 Å². The fourth-order valence-electron chi connectivity index (χ4n) is 1.66. The molecule has 0 radical (unpaired) electrons. The van der Waals surface area contributed by atoms with E-state index in [0.29, 0.717) is 17.9 Å². The van der Waals surface area contributed by atoms with Crippen LogP contribution in [-0.2, 0) is 24.8 Å². The number of hydrogen-bond donors (Lipinski definition) is 3. The van der Waals surface area contributed by atoms with Crippen LogP contribution in [0.2, 0.25) is 0 Å². The maximum atomic E-state index is 11.7. The summed E-state index contributed by atoms with van der Waals surface area (Å²) in [7, 11) is 1.80. The molecule has 0 saturated heterocycles. The van der Waals surface area contributed by atoms with Gasteiger partial charge in [0.15, 0.2) is 0 Å². The van der Waals surface area contributed by atoms with Crippen LogP contribution < -0.4 is 10.6 Å². The van der Waals surface area contributed by atoms with Crippen LogP contribution in [0, 0.1) is 0 Å². The molecule has 8 nitrogen and oxygen atoms in total.